The van der Waals surface area contributed by atoms with Gasteiger partial charge >= 0.3 is 6.36 Å². The Labute approximate surface area is 209 Å². The third-order valence-electron chi connectivity index (χ3n) is 7.97. The van der Waals surface area contributed by atoms with E-state index < -0.39 is 12.1 Å². The van der Waals surface area contributed by atoms with Crippen molar-refractivity contribution in [2.24, 2.45) is 5.41 Å². The fraction of sp³-hybridized carbons (Fsp3) is 0.462. The van der Waals surface area contributed by atoms with Gasteiger partial charge in [0, 0.05) is 53.5 Å². The van der Waals surface area contributed by atoms with Crippen molar-refractivity contribution in [3.05, 3.63) is 52.6 Å². The minimum atomic E-state index is -4.85. The van der Waals surface area contributed by atoms with E-state index in [1.807, 2.05) is 0 Å². The Kier molecular flexibility index (Phi) is 5.59. The molecule has 0 bridgehead atoms. The van der Waals surface area contributed by atoms with Crippen molar-refractivity contribution in [3.63, 3.8) is 0 Å². The number of nitrogens with two attached hydrogens (primary N) is 1. The second-order valence-electron chi connectivity index (χ2n) is 10.3. The summed E-state index contributed by atoms with van der Waals surface area (Å²) >= 11 is 0. The van der Waals surface area contributed by atoms with E-state index >= 15 is 4.39 Å². The first-order valence-corrected chi connectivity index (χ1v) is 12.3. The fourth-order valence-corrected chi connectivity index (χ4v) is 6.23. The van der Waals surface area contributed by atoms with Crippen molar-refractivity contribution in [2.45, 2.75) is 44.4 Å². The molecule has 1 aromatic carbocycles. The summed E-state index contributed by atoms with van der Waals surface area (Å²) in [7, 11) is 0. The number of aromatic nitrogens is 2. The third-order valence-corrected chi connectivity index (χ3v) is 7.97. The number of halogens is 4. The van der Waals surface area contributed by atoms with Crippen molar-refractivity contribution < 1.29 is 31.8 Å². The number of anilines is 1. The molecule has 196 valence electrons. The zero-order valence-corrected chi connectivity index (χ0v) is 20.0. The summed E-state index contributed by atoms with van der Waals surface area (Å²) in [4.78, 5) is 22.4. The molecule has 3 N–H and O–H groups in total. The van der Waals surface area contributed by atoms with E-state index in [1.54, 1.807) is 4.90 Å². The Morgan fingerprint density at radius 2 is 2.03 bits per heavy atom. The predicted octanol–water partition coefficient (Wildman–Crippen LogP) is 4.71. The number of pyridine rings is 1. The van der Waals surface area contributed by atoms with Crippen LogP contribution in [0.25, 0.3) is 11.0 Å². The van der Waals surface area contributed by atoms with Crippen LogP contribution < -0.4 is 10.5 Å². The first-order valence-electron chi connectivity index (χ1n) is 12.3. The molecule has 1 atom stereocenters. The molecule has 4 heterocycles. The molecule has 2 aromatic heterocycles. The Bertz CT molecular complexity index is 1370. The zero-order chi connectivity index (χ0) is 25.9. The van der Waals surface area contributed by atoms with Gasteiger partial charge in [-0.3, -0.25) is 4.79 Å². The van der Waals surface area contributed by atoms with E-state index in [-0.39, 0.29) is 34.3 Å². The molecule has 2 aliphatic heterocycles. The maximum Gasteiger partial charge on any atom is 0.573 e. The van der Waals surface area contributed by atoms with Crippen LogP contribution in [0.4, 0.5) is 23.2 Å². The fourth-order valence-electron chi connectivity index (χ4n) is 6.23. The van der Waals surface area contributed by atoms with E-state index in [4.69, 9.17) is 10.5 Å². The van der Waals surface area contributed by atoms with Gasteiger partial charge < -0.3 is 25.1 Å². The van der Waals surface area contributed by atoms with Crippen LogP contribution in [-0.2, 0) is 17.6 Å². The molecule has 0 radical (unpaired) electrons. The van der Waals surface area contributed by atoms with Crippen molar-refractivity contribution >= 4 is 22.6 Å². The van der Waals surface area contributed by atoms with Crippen LogP contribution in [0, 0.1) is 11.2 Å². The highest BCUT2D eigenvalue weighted by Crippen LogP contribution is 2.47. The van der Waals surface area contributed by atoms with Crippen molar-refractivity contribution in [2.75, 3.05) is 32.0 Å². The van der Waals surface area contributed by atoms with Crippen LogP contribution in [-0.4, -0.2) is 53.4 Å². The van der Waals surface area contributed by atoms with Gasteiger partial charge in [-0.05, 0) is 55.7 Å². The number of carbonyl (C=O) groups is 1. The number of ether oxygens (including phenoxy) is 2. The molecule has 7 nitrogen and oxygen atoms in total. The number of hydrogen-bond acceptors (Lipinski definition) is 5. The number of benzene rings is 1. The smallest absolute Gasteiger partial charge is 0.406 e. The Morgan fingerprint density at radius 1 is 1.24 bits per heavy atom. The van der Waals surface area contributed by atoms with Gasteiger partial charge in [0.05, 0.1) is 18.4 Å². The molecule has 1 aliphatic carbocycles. The topological polar surface area (TPSA) is 93.5 Å². The van der Waals surface area contributed by atoms with Gasteiger partial charge in [-0.1, -0.05) is 0 Å². The highest BCUT2D eigenvalue weighted by molar-refractivity contribution is 5.99. The maximum atomic E-state index is 15.3. The highest BCUT2D eigenvalue weighted by Gasteiger charge is 2.43. The van der Waals surface area contributed by atoms with Gasteiger partial charge in [-0.15, -0.1) is 13.2 Å². The van der Waals surface area contributed by atoms with Crippen LogP contribution in [0.1, 0.15) is 52.4 Å². The number of rotatable bonds is 3. The lowest BCUT2D eigenvalue weighted by Gasteiger charge is -2.33. The van der Waals surface area contributed by atoms with Crippen LogP contribution in [0.2, 0.25) is 0 Å². The Hall–Kier alpha value is -3.34. The van der Waals surface area contributed by atoms with Crippen molar-refractivity contribution in [1.82, 2.24) is 14.9 Å². The number of amides is 1. The summed E-state index contributed by atoms with van der Waals surface area (Å²) < 4.78 is 62.2. The number of aromatic amines is 1. The van der Waals surface area contributed by atoms with Crippen LogP contribution >= 0.6 is 0 Å². The SMILES string of the molecule is Nc1cc(OC(F)(F)F)ccc1C(=O)N1CCC(c2c(F)cnc3[nH]c4c(c23)C[C@]2(CCOC2)C4)CC1. The number of nitrogens with zero attached hydrogens (tertiary/aromatic N) is 2. The summed E-state index contributed by atoms with van der Waals surface area (Å²) in [5, 5.41) is 0.869. The highest BCUT2D eigenvalue weighted by atomic mass is 19.4. The average molecular weight is 519 g/mol. The van der Waals surface area contributed by atoms with E-state index in [2.05, 4.69) is 14.7 Å². The minimum Gasteiger partial charge on any atom is -0.406 e. The van der Waals surface area contributed by atoms with Gasteiger partial charge in [0.2, 0.25) is 0 Å². The average Bonchev–Trinajstić information content (AvgIpc) is 3.53. The summed E-state index contributed by atoms with van der Waals surface area (Å²) in [5.74, 6) is -1.29. The number of nitrogens with one attached hydrogen (secondary N) is 1. The molecule has 3 aromatic rings. The normalized spacial score (nSPS) is 22.2. The number of H-pyrrole nitrogens is 1. The molecule has 3 aliphatic rings. The van der Waals surface area contributed by atoms with Crippen LogP contribution in [0.5, 0.6) is 5.75 Å². The molecule has 11 heteroatoms. The first-order chi connectivity index (χ1) is 17.6. The lowest BCUT2D eigenvalue weighted by Crippen LogP contribution is -2.38. The molecule has 0 unspecified atom stereocenters. The van der Waals surface area contributed by atoms with Gasteiger partial charge in [0.25, 0.3) is 5.91 Å². The number of piperidine rings is 1. The molecule has 2 fully saturated rings. The van der Waals surface area contributed by atoms with E-state index in [9.17, 15) is 18.0 Å². The molecule has 0 saturated carbocycles. The predicted molar refractivity (Wildman–Crippen MR) is 127 cm³/mol. The molecule has 2 saturated heterocycles. The second-order valence-corrected chi connectivity index (χ2v) is 10.3. The van der Waals surface area contributed by atoms with Gasteiger partial charge in [-0.2, -0.15) is 0 Å². The number of hydrogen-bond donors (Lipinski definition) is 2. The summed E-state index contributed by atoms with van der Waals surface area (Å²) in [6, 6.07) is 3.30. The quantitative estimate of drug-likeness (QED) is 0.387. The minimum absolute atomic E-state index is 0.0787. The van der Waals surface area contributed by atoms with Crippen LogP contribution in [0.15, 0.2) is 24.4 Å². The molecule has 1 spiro atoms. The number of fused-ring (bicyclic) bond motifs is 3. The summed E-state index contributed by atoms with van der Waals surface area (Å²) in [6.07, 6.45) is 0.212. The van der Waals surface area contributed by atoms with E-state index in [0.29, 0.717) is 43.7 Å². The number of carbonyl (C=O) groups excluding carboxylic acids is 1. The van der Waals surface area contributed by atoms with Crippen LogP contribution in [0.3, 0.4) is 0 Å². The Morgan fingerprint density at radius 3 is 2.70 bits per heavy atom. The number of alkyl halides is 3. The molecular weight excluding hydrogens is 492 g/mol. The lowest BCUT2D eigenvalue weighted by atomic mass is 9.83. The number of likely N-dealkylation sites (tertiary alicyclic amines) is 1. The molecule has 1 amide bonds. The largest absolute Gasteiger partial charge is 0.573 e. The molecular formula is C26H26F4N4O3. The Balaban J connectivity index is 1.21. The monoisotopic (exact) mass is 518 g/mol. The van der Waals surface area contributed by atoms with Gasteiger partial charge in [-0.25, -0.2) is 9.37 Å². The molecule has 6 rings (SSSR count). The summed E-state index contributed by atoms with van der Waals surface area (Å²) in [5.41, 5.74) is 9.56. The van der Waals surface area contributed by atoms with E-state index in [1.165, 1.54) is 12.3 Å². The first kappa shape index (κ1) is 24.0. The lowest BCUT2D eigenvalue weighted by molar-refractivity contribution is -0.274. The molecule has 37 heavy (non-hydrogen) atoms. The van der Waals surface area contributed by atoms with Crippen molar-refractivity contribution in [1.29, 1.82) is 0 Å². The summed E-state index contributed by atoms with van der Waals surface area (Å²) in [6.45, 7) is 2.20. The van der Waals surface area contributed by atoms with E-state index in [0.717, 1.165) is 54.6 Å². The zero-order valence-electron chi connectivity index (χ0n) is 20.0. The van der Waals surface area contributed by atoms with Crippen molar-refractivity contribution in [3.8, 4) is 5.75 Å². The second kappa shape index (κ2) is 8.61. The standard InChI is InChI=1S/C26H26F4N4O3/c27-18-12-32-23-22(17-10-25(5-8-36-13-25)11-20(17)33-23)21(18)14-3-6-34(7-4-14)24(35)16-2-1-15(9-19(16)31)37-26(28,29)30/h1-2,9,12,14H,3-8,10-11,13,31H2,(H,32,33)/t25-/m1/s1. The maximum absolute atomic E-state index is 15.3. The third kappa shape index (κ3) is 4.28. The number of nitrogen functional groups attached to an aromatic ring is 1. The van der Waals surface area contributed by atoms with Gasteiger partial charge in [0.1, 0.15) is 17.2 Å². The van der Waals surface area contributed by atoms with Gasteiger partial charge in [0.15, 0.2) is 0 Å².